The Kier molecular flexibility index (Phi) is 5.00. The molecule has 2 atom stereocenters. The Morgan fingerprint density at radius 3 is 2.33 bits per heavy atom. The Labute approximate surface area is 122 Å². The summed E-state index contributed by atoms with van der Waals surface area (Å²) in [6, 6.07) is -2.79. The molecular weight excluding hydrogens is 282 g/mol. The molecule has 1 aliphatic rings. The fraction of sp³-hybridized carbons (Fsp3) is 0.750. The molecule has 9 heteroatoms. The molecule has 0 saturated carbocycles. The van der Waals surface area contributed by atoms with E-state index in [0.29, 0.717) is 5.06 Å². The van der Waals surface area contributed by atoms with Crippen LogP contribution >= 0.6 is 0 Å². The topological polar surface area (TPSA) is 122 Å². The zero-order valence-electron chi connectivity index (χ0n) is 12.5. The number of primary amides is 1. The van der Waals surface area contributed by atoms with Gasteiger partial charge in [-0.2, -0.15) is 0 Å². The van der Waals surface area contributed by atoms with Gasteiger partial charge in [0.05, 0.1) is 13.2 Å². The van der Waals surface area contributed by atoms with Gasteiger partial charge in [0.1, 0.15) is 11.6 Å². The maximum absolute atomic E-state index is 12.1. The highest BCUT2D eigenvalue weighted by molar-refractivity contribution is 5.82. The summed E-state index contributed by atoms with van der Waals surface area (Å²) < 4.78 is 9.83. The van der Waals surface area contributed by atoms with E-state index >= 15 is 0 Å². The first kappa shape index (κ1) is 17.0. The summed E-state index contributed by atoms with van der Waals surface area (Å²) in [4.78, 5) is 36.0. The van der Waals surface area contributed by atoms with Crippen molar-refractivity contribution in [2.24, 2.45) is 5.73 Å². The molecule has 1 rings (SSSR count). The van der Waals surface area contributed by atoms with Crippen LogP contribution in [-0.4, -0.2) is 64.6 Å². The molecule has 0 aromatic carbocycles. The van der Waals surface area contributed by atoms with Gasteiger partial charge >= 0.3 is 18.1 Å². The highest BCUT2D eigenvalue weighted by atomic mass is 16.6. The van der Waals surface area contributed by atoms with Gasteiger partial charge in [0.15, 0.2) is 0 Å². The highest BCUT2D eigenvalue weighted by Gasteiger charge is 2.44. The molecule has 0 spiro atoms. The fourth-order valence-electron chi connectivity index (χ4n) is 2.05. The lowest BCUT2D eigenvalue weighted by Gasteiger charge is -2.27. The average Bonchev–Trinajstić information content (AvgIpc) is 2.79. The third kappa shape index (κ3) is 4.22. The van der Waals surface area contributed by atoms with Gasteiger partial charge in [-0.1, -0.05) is 0 Å². The number of nitrogens with two attached hydrogens (primary N) is 1. The van der Waals surface area contributed by atoms with E-state index in [1.165, 1.54) is 7.11 Å². The second-order valence-electron chi connectivity index (χ2n) is 5.74. The molecule has 1 aliphatic heterocycles. The van der Waals surface area contributed by atoms with E-state index in [1.54, 1.807) is 20.8 Å². The largest absolute Gasteiger partial charge is 0.467 e. The molecule has 0 bridgehead atoms. The minimum absolute atomic E-state index is 0.0192. The second kappa shape index (κ2) is 6.17. The summed E-state index contributed by atoms with van der Waals surface area (Å²) in [5, 5.41) is 9.86. The van der Waals surface area contributed by atoms with Crippen molar-refractivity contribution in [3.05, 3.63) is 0 Å². The number of likely N-dealkylation sites (tertiary alicyclic amines) is 1. The van der Waals surface area contributed by atoms with E-state index in [0.717, 1.165) is 4.90 Å². The minimum atomic E-state index is -1.06. The summed E-state index contributed by atoms with van der Waals surface area (Å²) in [7, 11) is 1.19. The van der Waals surface area contributed by atoms with Crippen molar-refractivity contribution in [3.63, 3.8) is 0 Å². The number of nitrogens with zero attached hydrogens (tertiary/aromatic N) is 2. The van der Waals surface area contributed by atoms with Crippen molar-refractivity contribution in [1.29, 1.82) is 0 Å². The Bertz CT molecular complexity index is 433. The van der Waals surface area contributed by atoms with Gasteiger partial charge in [-0.25, -0.2) is 19.4 Å². The van der Waals surface area contributed by atoms with Crippen molar-refractivity contribution in [2.75, 3.05) is 13.7 Å². The van der Waals surface area contributed by atoms with E-state index in [4.69, 9.17) is 10.5 Å². The van der Waals surface area contributed by atoms with Gasteiger partial charge < -0.3 is 15.2 Å². The molecule has 1 heterocycles. The molecule has 3 amide bonds. The molecule has 0 aromatic rings. The van der Waals surface area contributed by atoms with E-state index in [9.17, 15) is 19.6 Å². The third-order valence-electron chi connectivity index (χ3n) is 2.95. The fourth-order valence-corrected chi connectivity index (χ4v) is 2.05. The lowest BCUT2D eigenvalue weighted by atomic mass is 10.1. The molecule has 3 N–H and O–H groups in total. The third-order valence-corrected chi connectivity index (χ3v) is 2.95. The Morgan fingerprint density at radius 1 is 1.33 bits per heavy atom. The van der Waals surface area contributed by atoms with Gasteiger partial charge in [-0.05, 0) is 20.8 Å². The van der Waals surface area contributed by atoms with Crippen molar-refractivity contribution in [1.82, 2.24) is 9.96 Å². The maximum atomic E-state index is 12.1. The summed E-state index contributed by atoms with van der Waals surface area (Å²) in [5.41, 5.74) is 4.24. The monoisotopic (exact) mass is 303 g/mol. The Balaban J connectivity index is 2.90. The zero-order chi connectivity index (χ0) is 16.4. The van der Waals surface area contributed by atoms with Crippen LogP contribution in [0.2, 0.25) is 0 Å². The number of carbonyl (C=O) groups is 3. The van der Waals surface area contributed by atoms with Gasteiger partial charge in [-0.3, -0.25) is 10.1 Å². The summed E-state index contributed by atoms with van der Waals surface area (Å²) >= 11 is 0. The number of hydrogen-bond donors (Lipinski definition) is 2. The van der Waals surface area contributed by atoms with Gasteiger partial charge in [0.25, 0.3) is 0 Å². The molecule has 1 saturated heterocycles. The number of esters is 1. The van der Waals surface area contributed by atoms with Gasteiger partial charge in [0, 0.05) is 13.0 Å². The van der Waals surface area contributed by atoms with Crippen LogP contribution in [-0.2, 0) is 14.3 Å². The Morgan fingerprint density at radius 2 is 1.90 bits per heavy atom. The molecule has 9 nitrogen and oxygen atoms in total. The molecule has 0 aliphatic carbocycles. The van der Waals surface area contributed by atoms with E-state index in [-0.39, 0.29) is 13.0 Å². The molecular formula is C12H21N3O6. The zero-order valence-corrected chi connectivity index (χ0v) is 12.5. The molecule has 120 valence electrons. The van der Waals surface area contributed by atoms with Crippen molar-refractivity contribution < 1.29 is 29.1 Å². The normalized spacial score (nSPS) is 21.9. The lowest BCUT2D eigenvalue weighted by molar-refractivity contribution is -0.145. The van der Waals surface area contributed by atoms with Crippen LogP contribution in [0, 0.1) is 0 Å². The number of hydroxylamine groups is 2. The number of ether oxygens (including phenoxy) is 2. The number of methoxy groups -OCH3 is 1. The molecule has 0 unspecified atom stereocenters. The number of hydrogen-bond acceptors (Lipinski definition) is 6. The first-order valence-corrected chi connectivity index (χ1v) is 6.41. The van der Waals surface area contributed by atoms with Crippen molar-refractivity contribution in [2.45, 2.75) is 44.9 Å². The highest BCUT2D eigenvalue weighted by Crippen LogP contribution is 2.24. The van der Waals surface area contributed by atoms with Gasteiger partial charge in [0.2, 0.25) is 0 Å². The SMILES string of the molecule is COC(=O)[C@@H]1C[C@@H](N(O)C(N)=O)CN1C(=O)OC(C)(C)C. The number of amides is 3. The van der Waals surface area contributed by atoms with Gasteiger partial charge in [-0.15, -0.1) is 0 Å². The van der Waals surface area contributed by atoms with Crippen LogP contribution in [0.1, 0.15) is 27.2 Å². The van der Waals surface area contributed by atoms with E-state index in [2.05, 4.69) is 4.74 Å². The number of rotatable bonds is 2. The minimum Gasteiger partial charge on any atom is -0.467 e. The van der Waals surface area contributed by atoms with E-state index < -0.39 is 35.8 Å². The molecule has 0 radical (unpaired) electrons. The molecule has 1 fully saturated rings. The second-order valence-corrected chi connectivity index (χ2v) is 5.74. The van der Waals surface area contributed by atoms with Crippen LogP contribution < -0.4 is 5.73 Å². The summed E-state index contributed by atoms with van der Waals surface area (Å²) in [5.74, 6) is -0.652. The van der Waals surface area contributed by atoms with E-state index in [1.807, 2.05) is 0 Å². The molecule has 21 heavy (non-hydrogen) atoms. The summed E-state index contributed by atoms with van der Waals surface area (Å²) in [6.07, 6.45) is -0.705. The van der Waals surface area contributed by atoms with Crippen molar-refractivity contribution >= 4 is 18.1 Å². The Hall–Kier alpha value is -2.03. The number of urea groups is 1. The smallest absolute Gasteiger partial charge is 0.411 e. The van der Waals surface area contributed by atoms with Crippen LogP contribution in [0.5, 0.6) is 0 Å². The first-order chi connectivity index (χ1) is 9.56. The standard InChI is InChI=1S/C12H21N3O6/c1-12(2,3)21-11(18)14-6-7(15(19)10(13)17)5-8(14)9(16)20-4/h7-8,19H,5-6H2,1-4H3,(H2,13,17)/t7-,8+/m1/s1. The lowest BCUT2D eigenvalue weighted by Crippen LogP contribution is -2.45. The van der Waals surface area contributed by atoms with Crippen LogP contribution in [0.25, 0.3) is 0 Å². The quantitative estimate of drug-likeness (QED) is 0.430. The molecule has 0 aromatic heterocycles. The van der Waals surface area contributed by atoms with Crippen LogP contribution in [0.3, 0.4) is 0 Å². The summed E-state index contributed by atoms with van der Waals surface area (Å²) in [6.45, 7) is 4.99. The van der Waals surface area contributed by atoms with Crippen LogP contribution in [0.4, 0.5) is 9.59 Å². The van der Waals surface area contributed by atoms with Crippen LogP contribution in [0.15, 0.2) is 0 Å². The average molecular weight is 303 g/mol. The maximum Gasteiger partial charge on any atom is 0.411 e. The van der Waals surface area contributed by atoms with Crippen molar-refractivity contribution in [3.8, 4) is 0 Å². The predicted molar refractivity (Wildman–Crippen MR) is 70.4 cm³/mol. The number of carbonyl (C=O) groups excluding carboxylic acids is 3. The predicted octanol–water partition coefficient (Wildman–Crippen LogP) is 0.307. The first-order valence-electron chi connectivity index (χ1n) is 6.41.